The second kappa shape index (κ2) is 60.2. The SMILES string of the molecule is CCCCCCCCCCCCCCCCCCCCCCCCCCCCCCCCCCCCCCCCC(=O)OC(COC(=O)CCCCCCCCCCCCCCCC)COP(=O)(O)OCCN. The molecule has 0 rings (SSSR count). The number of esters is 2. The number of rotatable bonds is 63. The minimum absolute atomic E-state index is 0.0585. The predicted molar refractivity (Wildman–Crippen MR) is 312 cm³/mol. The molecular weight excluding hydrogens is 930 g/mol. The lowest BCUT2D eigenvalue weighted by Crippen LogP contribution is -2.29. The van der Waals surface area contributed by atoms with Gasteiger partial charge in [-0.3, -0.25) is 18.6 Å². The average molecular weight is 1060 g/mol. The molecule has 9 nitrogen and oxygen atoms in total. The van der Waals surface area contributed by atoms with Crippen molar-refractivity contribution in [2.45, 2.75) is 367 Å². The van der Waals surface area contributed by atoms with Gasteiger partial charge in [0.15, 0.2) is 6.10 Å². The van der Waals surface area contributed by atoms with Crippen molar-refractivity contribution in [3.63, 3.8) is 0 Å². The second-order valence-electron chi connectivity index (χ2n) is 22.4. The predicted octanol–water partition coefficient (Wildman–Crippen LogP) is 20.6. The Morgan fingerprint density at radius 2 is 0.589 bits per heavy atom. The summed E-state index contributed by atoms with van der Waals surface area (Å²) >= 11 is 0. The highest BCUT2D eigenvalue weighted by atomic mass is 31.2. The zero-order valence-corrected chi connectivity index (χ0v) is 49.8. The average Bonchev–Trinajstić information content (AvgIpc) is 3.38. The molecule has 0 radical (unpaired) electrons. The Balaban J connectivity index is 3.70. The summed E-state index contributed by atoms with van der Waals surface area (Å²) in [5.74, 6) is -0.804. The molecular formula is C63H126NO8P. The van der Waals surface area contributed by atoms with Crippen molar-refractivity contribution in [3.8, 4) is 0 Å². The molecule has 10 heteroatoms. The fourth-order valence-corrected chi connectivity index (χ4v) is 10.9. The van der Waals surface area contributed by atoms with Crippen molar-refractivity contribution >= 4 is 19.8 Å². The quantitative estimate of drug-likeness (QED) is 0.0347. The molecule has 0 heterocycles. The molecule has 0 fully saturated rings. The van der Waals surface area contributed by atoms with Crippen LogP contribution in [0.5, 0.6) is 0 Å². The third-order valence-corrected chi connectivity index (χ3v) is 16.0. The van der Waals surface area contributed by atoms with Crippen molar-refractivity contribution < 1.29 is 37.6 Å². The van der Waals surface area contributed by atoms with E-state index in [0.29, 0.717) is 6.42 Å². The van der Waals surface area contributed by atoms with Crippen LogP contribution in [0.4, 0.5) is 0 Å². The van der Waals surface area contributed by atoms with E-state index in [1.54, 1.807) is 0 Å². The monoisotopic (exact) mass is 1060 g/mol. The van der Waals surface area contributed by atoms with E-state index in [9.17, 15) is 19.0 Å². The summed E-state index contributed by atoms with van der Waals surface area (Å²) in [5.41, 5.74) is 5.38. The number of carbonyl (C=O) groups is 2. The fraction of sp³-hybridized carbons (Fsp3) is 0.968. The molecule has 0 amide bonds. The summed E-state index contributed by atoms with van der Waals surface area (Å²) in [6.45, 7) is 3.82. The Hall–Kier alpha value is -0.990. The van der Waals surface area contributed by atoms with Crippen LogP contribution in [0.3, 0.4) is 0 Å². The van der Waals surface area contributed by atoms with Gasteiger partial charge in [-0.15, -0.1) is 0 Å². The molecule has 0 aliphatic carbocycles. The molecule has 0 saturated heterocycles. The highest BCUT2D eigenvalue weighted by Gasteiger charge is 2.26. The fourth-order valence-electron chi connectivity index (χ4n) is 10.2. The van der Waals surface area contributed by atoms with Gasteiger partial charge in [-0.05, 0) is 12.8 Å². The van der Waals surface area contributed by atoms with E-state index < -0.39 is 26.5 Å². The van der Waals surface area contributed by atoms with Crippen LogP contribution in [0.1, 0.15) is 361 Å². The molecule has 0 bridgehead atoms. The first-order valence-electron chi connectivity index (χ1n) is 32.5. The van der Waals surface area contributed by atoms with E-state index in [-0.39, 0.29) is 38.6 Å². The van der Waals surface area contributed by atoms with Gasteiger partial charge in [-0.25, -0.2) is 4.57 Å². The van der Waals surface area contributed by atoms with Gasteiger partial charge in [0, 0.05) is 19.4 Å². The molecule has 0 aliphatic rings. The number of ether oxygens (including phenoxy) is 2. The van der Waals surface area contributed by atoms with Crippen molar-refractivity contribution in [2.24, 2.45) is 5.73 Å². The highest BCUT2D eigenvalue weighted by molar-refractivity contribution is 7.47. The van der Waals surface area contributed by atoms with Crippen LogP contribution in [-0.2, 0) is 32.7 Å². The Labute approximate surface area is 454 Å². The largest absolute Gasteiger partial charge is 0.472 e. The Kier molecular flexibility index (Phi) is 59.4. The van der Waals surface area contributed by atoms with Gasteiger partial charge in [-0.1, -0.05) is 335 Å². The van der Waals surface area contributed by atoms with E-state index >= 15 is 0 Å². The van der Waals surface area contributed by atoms with Gasteiger partial charge in [0.1, 0.15) is 6.61 Å². The highest BCUT2D eigenvalue weighted by Crippen LogP contribution is 2.43. The summed E-state index contributed by atoms with van der Waals surface area (Å²) in [4.78, 5) is 35.1. The maximum Gasteiger partial charge on any atom is 0.472 e. The number of carbonyl (C=O) groups excluding carboxylic acids is 2. The van der Waals surface area contributed by atoms with Gasteiger partial charge in [0.05, 0.1) is 13.2 Å². The van der Waals surface area contributed by atoms with Crippen LogP contribution in [-0.4, -0.2) is 49.3 Å². The van der Waals surface area contributed by atoms with Crippen LogP contribution in [0, 0.1) is 0 Å². The number of phosphoric acid groups is 1. The van der Waals surface area contributed by atoms with E-state index in [2.05, 4.69) is 13.8 Å². The first-order chi connectivity index (χ1) is 35.8. The lowest BCUT2D eigenvalue weighted by molar-refractivity contribution is -0.161. The van der Waals surface area contributed by atoms with Crippen molar-refractivity contribution in [1.82, 2.24) is 0 Å². The molecule has 436 valence electrons. The lowest BCUT2D eigenvalue weighted by atomic mass is 10.0. The summed E-state index contributed by atoms with van der Waals surface area (Å²) in [5, 5.41) is 0. The number of hydrogen-bond acceptors (Lipinski definition) is 8. The van der Waals surface area contributed by atoms with Crippen LogP contribution >= 0.6 is 7.82 Å². The summed E-state index contributed by atoms with van der Waals surface area (Å²) in [6.07, 6.45) is 69.3. The normalized spacial score (nSPS) is 12.9. The van der Waals surface area contributed by atoms with E-state index in [1.165, 1.54) is 295 Å². The van der Waals surface area contributed by atoms with Crippen molar-refractivity contribution in [1.29, 1.82) is 0 Å². The number of unbranched alkanes of at least 4 members (excludes halogenated alkanes) is 50. The zero-order chi connectivity index (χ0) is 53.1. The van der Waals surface area contributed by atoms with Gasteiger partial charge in [-0.2, -0.15) is 0 Å². The first-order valence-corrected chi connectivity index (χ1v) is 34.0. The minimum Gasteiger partial charge on any atom is -0.462 e. The topological polar surface area (TPSA) is 134 Å². The molecule has 3 N–H and O–H groups in total. The molecule has 0 aromatic rings. The van der Waals surface area contributed by atoms with Crippen molar-refractivity contribution in [2.75, 3.05) is 26.4 Å². The second-order valence-corrected chi connectivity index (χ2v) is 23.8. The van der Waals surface area contributed by atoms with Crippen LogP contribution in [0.15, 0.2) is 0 Å². The molecule has 0 spiro atoms. The summed E-state index contributed by atoms with van der Waals surface area (Å²) in [7, 11) is -4.38. The number of phosphoric ester groups is 1. The molecule has 0 aromatic carbocycles. The molecule has 0 saturated carbocycles. The smallest absolute Gasteiger partial charge is 0.462 e. The molecule has 2 atom stereocenters. The van der Waals surface area contributed by atoms with E-state index in [4.69, 9.17) is 24.3 Å². The maximum absolute atomic E-state index is 12.7. The van der Waals surface area contributed by atoms with E-state index in [1.807, 2.05) is 0 Å². The van der Waals surface area contributed by atoms with Gasteiger partial charge >= 0.3 is 19.8 Å². The van der Waals surface area contributed by atoms with Gasteiger partial charge in [0.2, 0.25) is 0 Å². The van der Waals surface area contributed by atoms with Crippen LogP contribution in [0.25, 0.3) is 0 Å². The third kappa shape index (κ3) is 60.1. The number of nitrogens with two attached hydrogens (primary N) is 1. The molecule has 73 heavy (non-hydrogen) atoms. The molecule has 2 unspecified atom stereocenters. The number of hydrogen-bond donors (Lipinski definition) is 2. The van der Waals surface area contributed by atoms with Crippen LogP contribution in [0.2, 0.25) is 0 Å². The Morgan fingerprint density at radius 3 is 0.836 bits per heavy atom. The Bertz CT molecular complexity index is 1160. The molecule has 0 aromatic heterocycles. The van der Waals surface area contributed by atoms with E-state index in [0.717, 1.165) is 32.1 Å². The van der Waals surface area contributed by atoms with Crippen molar-refractivity contribution in [3.05, 3.63) is 0 Å². The maximum atomic E-state index is 12.7. The summed E-state index contributed by atoms with van der Waals surface area (Å²) in [6, 6.07) is 0. The third-order valence-electron chi connectivity index (χ3n) is 15.0. The summed E-state index contributed by atoms with van der Waals surface area (Å²) < 4.78 is 33.0. The standard InChI is InChI=1S/C63H126NO8P/c1-3-5-7-9-11-13-15-17-19-20-21-22-23-24-25-26-27-28-29-30-31-32-33-34-35-36-37-38-39-40-41-42-44-46-48-50-52-54-56-63(66)72-61(60-71-73(67,68)70-58-57-64)59-69-62(65)55-53-51-49-47-45-43-18-16-14-12-10-8-6-4-2/h61H,3-60,64H2,1-2H3,(H,67,68). The molecule has 0 aliphatic heterocycles. The van der Waals surface area contributed by atoms with Crippen LogP contribution < -0.4 is 5.73 Å². The first kappa shape index (κ1) is 72.0. The minimum atomic E-state index is -4.38. The van der Waals surface area contributed by atoms with Gasteiger partial charge in [0.25, 0.3) is 0 Å². The Morgan fingerprint density at radius 1 is 0.356 bits per heavy atom. The van der Waals surface area contributed by atoms with Gasteiger partial charge < -0.3 is 20.1 Å². The lowest BCUT2D eigenvalue weighted by Gasteiger charge is -2.19. The zero-order valence-electron chi connectivity index (χ0n) is 48.9.